The molecular formula is C15H20N4S. The summed E-state index contributed by atoms with van der Waals surface area (Å²) in [5.41, 5.74) is 0.992. The zero-order valence-electron chi connectivity index (χ0n) is 11.7. The number of nitrogens with zero attached hydrogens (tertiary/aromatic N) is 2. The fourth-order valence-electron chi connectivity index (χ4n) is 2.46. The highest BCUT2D eigenvalue weighted by atomic mass is 32.2. The molecule has 0 aliphatic carbocycles. The molecule has 2 N–H and O–H groups in total. The Morgan fingerprint density at radius 1 is 1.20 bits per heavy atom. The number of hydrogen-bond acceptors (Lipinski definition) is 5. The van der Waals surface area contributed by atoms with Crippen LogP contribution in [0.15, 0.2) is 24.3 Å². The highest BCUT2D eigenvalue weighted by Gasteiger charge is 2.16. The standard InChI is InChI=1S/C15H20N4S/c1-2-16-15-18-13-6-4-3-5-12(13)14(19-15)17-11-7-9-20-10-8-11/h3-6,11H,2,7-10H2,1H3,(H2,16,17,18,19). The molecule has 0 bridgehead atoms. The molecule has 1 aromatic heterocycles. The fraction of sp³-hybridized carbons (Fsp3) is 0.467. The second kappa shape index (κ2) is 6.31. The molecule has 1 aromatic carbocycles. The molecule has 106 valence electrons. The average molecular weight is 288 g/mol. The van der Waals surface area contributed by atoms with Crippen LogP contribution in [0.1, 0.15) is 19.8 Å². The van der Waals surface area contributed by atoms with Crippen molar-refractivity contribution in [2.24, 2.45) is 0 Å². The van der Waals surface area contributed by atoms with Gasteiger partial charge in [0.1, 0.15) is 5.82 Å². The van der Waals surface area contributed by atoms with Gasteiger partial charge >= 0.3 is 0 Å². The molecule has 0 spiro atoms. The van der Waals surface area contributed by atoms with E-state index in [1.54, 1.807) is 0 Å². The first-order valence-electron chi connectivity index (χ1n) is 7.21. The highest BCUT2D eigenvalue weighted by Crippen LogP contribution is 2.25. The van der Waals surface area contributed by atoms with Crippen LogP contribution in [0.25, 0.3) is 10.9 Å². The maximum absolute atomic E-state index is 4.64. The topological polar surface area (TPSA) is 49.8 Å². The lowest BCUT2D eigenvalue weighted by molar-refractivity contribution is 0.664. The molecule has 1 saturated heterocycles. The van der Waals surface area contributed by atoms with Crippen molar-refractivity contribution >= 4 is 34.4 Å². The molecule has 1 fully saturated rings. The molecule has 5 heteroatoms. The van der Waals surface area contributed by atoms with E-state index in [1.807, 2.05) is 30.0 Å². The first-order chi connectivity index (χ1) is 9.86. The summed E-state index contributed by atoms with van der Waals surface area (Å²) < 4.78 is 0. The van der Waals surface area contributed by atoms with Crippen LogP contribution in [0.5, 0.6) is 0 Å². The number of rotatable bonds is 4. The Hall–Kier alpha value is -1.49. The molecule has 4 nitrogen and oxygen atoms in total. The molecule has 0 atom stereocenters. The van der Waals surface area contributed by atoms with Gasteiger partial charge in [-0.05, 0) is 43.4 Å². The SMILES string of the molecule is CCNc1nc(NC2CCSCC2)c2ccccc2n1. The summed E-state index contributed by atoms with van der Waals surface area (Å²) >= 11 is 2.04. The molecule has 2 heterocycles. The van der Waals surface area contributed by atoms with E-state index >= 15 is 0 Å². The van der Waals surface area contributed by atoms with Gasteiger partial charge in [0.25, 0.3) is 0 Å². The maximum atomic E-state index is 4.64. The maximum Gasteiger partial charge on any atom is 0.225 e. The van der Waals surface area contributed by atoms with Gasteiger partial charge in [0.05, 0.1) is 5.52 Å². The van der Waals surface area contributed by atoms with E-state index in [1.165, 1.54) is 24.3 Å². The molecule has 3 rings (SSSR count). The minimum atomic E-state index is 0.532. The lowest BCUT2D eigenvalue weighted by atomic mass is 10.1. The first kappa shape index (κ1) is 13.5. The number of aromatic nitrogens is 2. The van der Waals surface area contributed by atoms with Gasteiger partial charge in [0.15, 0.2) is 0 Å². The van der Waals surface area contributed by atoms with E-state index in [-0.39, 0.29) is 0 Å². The zero-order valence-corrected chi connectivity index (χ0v) is 12.5. The molecule has 20 heavy (non-hydrogen) atoms. The van der Waals surface area contributed by atoms with E-state index < -0.39 is 0 Å². The number of thioether (sulfide) groups is 1. The fourth-order valence-corrected chi connectivity index (χ4v) is 3.57. The van der Waals surface area contributed by atoms with Gasteiger partial charge < -0.3 is 10.6 Å². The lowest BCUT2D eigenvalue weighted by Crippen LogP contribution is -2.25. The van der Waals surface area contributed by atoms with Crippen LogP contribution in [-0.2, 0) is 0 Å². The number of benzene rings is 1. The predicted octanol–water partition coefficient (Wildman–Crippen LogP) is 3.37. The van der Waals surface area contributed by atoms with Gasteiger partial charge in [-0.3, -0.25) is 0 Å². The summed E-state index contributed by atoms with van der Waals surface area (Å²) in [4.78, 5) is 9.20. The summed E-state index contributed by atoms with van der Waals surface area (Å²) in [6.45, 7) is 2.89. The normalized spacial score (nSPS) is 16.2. The number of fused-ring (bicyclic) bond motifs is 1. The van der Waals surface area contributed by atoms with Crippen molar-refractivity contribution in [3.05, 3.63) is 24.3 Å². The van der Waals surface area contributed by atoms with E-state index in [0.29, 0.717) is 12.0 Å². The Morgan fingerprint density at radius 2 is 2.00 bits per heavy atom. The number of hydrogen-bond donors (Lipinski definition) is 2. The van der Waals surface area contributed by atoms with Gasteiger partial charge in [-0.15, -0.1) is 0 Å². The predicted molar refractivity (Wildman–Crippen MR) is 87.7 cm³/mol. The van der Waals surface area contributed by atoms with Gasteiger partial charge in [-0.1, -0.05) is 12.1 Å². The first-order valence-corrected chi connectivity index (χ1v) is 8.37. The molecule has 0 radical (unpaired) electrons. The molecule has 2 aromatic rings. The van der Waals surface area contributed by atoms with Gasteiger partial charge in [0, 0.05) is 18.0 Å². The monoisotopic (exact) mass is 288 g/mol. The van der Waals surface area contributed by atoms with Crippen molar-refractivity contribution in [2.45, 2.75) is 25.8 Å². The van der Waals surface area contributed by atoms with E-state index in [0.717, 1.165) is 23.3 Å². The third kappa shape index (κ3) is 2.98. The molecule has 0 saturated carbocycles. The summed E-state index contributed by atoms with van der Waals surface area (Å²) in [5.74, 6) is 4.14. The molecule has 0 amide bonds. The van der Waals surface area contributed by atoms with Crippen LogP contribution in [0, 0.1) is 0 Å². The second-order valence-corrected chi connectivity index (χ2v) is 6.20. The Balaban J connectivity index is 1.93. The van der Waals surface area contributed by atoms with E-state index in [9.17, 15) is 0 Å². The average Bonchev–Trinajstić information content (AvgIpc) is 2.49. The van der Waals surface area contributed by atoms with Crippen molar-refractivity contribution in [3.8, 4) is 0 Å². The number of anilines is 2. The second-order valence-electron chi connectivity index (χ2n) is 4.97. The third-order valence-electron chi connectivity index (χ3n) is 3.50. The number of nitrogens with one attached hydrogen (secondary N) is 2. The van der Waals surface area contributed by atoms with Crippen LogP contribution in [-0.4, -0.2) is 34.1 Å². The van der Waals surface area contributed by atoms with Crippen molar-refractivity contribution < 1.29 is 0 Å². The summed E-state index contributed by atoms with van der Waals surface area (Å²) in [5, 5.41) is 7.93. The smallest absolute Gasteiger partial charge is 0.225 e. The molecule has 0 unspecified atom stereocenters. The Morgan fingerprint density at radius 3 is 2.80 bits per heavy atom. The molecule has 1 aliphatic rings. The van der Waals surface area contributed by atoms with Crippen molar-refractivity contribution in [1.29, 1.82) is 0 Å². The Kier molecular flexibility index (Phi) is 4.25. The van der Waals surface area contributed by atoms with Gasteiger partial charge in [-0.2, -0.15) is 16.7 Å². The Bertz CT molecular complexity index is 581. The summed E-state index contributed by atoms with van der Waals surface area (Å²) in [6.07, 6.45) is 2.42. The summed E-state index contributed by atoms with van der Waals surface area (Å²) in [7, 11) is 0. The summed E-state index contributed by atoms with van der Waals surface area (Å²) in [6, 6.07) is 8.72. The van der Waals surface area contributed by atoms with Crippen LogP contribution in [0.2, 0.25) is 0 Å². The third-order valence-corrected chi connectivity index (χ3v) is 4.55. The largest absolute Gasteiger partial charge is 0.367 e. The van der Waals surface area contributed by atoms with E-state index in [4.69, 9.17) is 0 Å². The minimum Gasteiger partial charge on any atom is -0.367 e. The zero-order chi connectivity index (χ0) is 13.8. The van der Waals surface area contributed by atoms with Crippen molar-refractivity contribution in [3.63, 3.8) is 0 Å². The van der Waals surface area contributed by atoms with Crippen LogP contribution in [0.3, 0.4) is 0 Å². The van der Waals surface area contributed by atoms with Gasteiger partial charge in [0.2, 0.25) is 5.95 Å². The Labute approximate surface area is 123 Å². The van der Waals surface area contributed by atoms with E-state index in [2.05, 4.69) is 33.6 Å². The number of para-hydroxylation sites is 1. The quantitative estimate of drug-likeness (QED) is 0.903. The minimum absolute atomic E-state index is 0.532. The molecular weight excluding hydrogens is 268 g/mol. The van der Waals surface area contributed by atoms with Crippen molar-refractivity contribution in [2.75, 3.05) is 28.7 Å². The lowest BCUT2D eigenvalue weighted by Gasteiger charge is -2.24. The van der Waals surface area contributed by atoms with Crippen LogP contribution >= 0.6 is 11.8 Å². The van der Waals surface area contributed by atoms with Crippen LogP contribution < -0.4 is 10.6 Å². The van der Waals surface area contributed by atoms with Crippen LogP contribution in [0.4, 0.5) is 11.8 Å². The van der Waals surface area contributed by atoms with Crippen molar-refractivity contribution in [1.82, 2.24) is 9.97 Å². The van der Waals surface area contributed by atoms with Gasteiger partial charge in [-0.25, -0.2) is 4.98 Å². The molecule has 1 aliphatic heterocycles. The highest BCUT2D eigenvalue weighted by molar-refractivity contribution is 7.99.